The molecule has 0 aromatic heterocycles. The first-order valence-electron chi connectivity index (χ1n) is 7.17. The highest BCUT2D eigenvalue weighted by Crippen LogP contribution is 2.39. The van der Waals surface area contributed by atoms with Crippen molar-refractivity contribution >= 4 is 5.78 Å². The summed E-state index contributed by atoms with van der Waals surface area (Å²) in [7, 11) is 0. The molecular formula is C16H21F2NO. The van der Waals surface area contributed by atoms with Gasteiger partial charge in [0.1, 0.15) is 0 Å². The van der Waals surface area contributed by atoms with Gasteiger partial charge in [0.15, 0.2) is 17.4 Å². The number of benzene rings is 1. The van der Waals surface area contributed by atoms with Crippen molar-refractivity contribution in [3.63, 3.8) is 0 Å². The second-order valence-electron chi connectivity index (χ2n) is 5.92. The first kappa shape index (κ1) is 15.1. The molecule has 0 heterocycles. The third-order valence-corrected chi connectivity index (χ3v) is 4.46. The Hall–Kier alpha value is -1.29. The van der Waals surface area contributed by atoms with Crippen LogP contribution in [0.25, 0.3) is 0 Å². The van der Waals surface area contributed by atoms with Crippen molar-refractivity contribution < 1.29 is 13.6 Å². The standard InChI is InChI=1S/C16H21F2NO/c1-11-5-6-12(15(18)14(11)17)13(20)9-16(10-19)7-3-2-4-8-16/h5-6H,2-4,7-10,19H2,1H3. The summed E-state index contributed by atoms with van der Waals surface area (Å²) >= 11 is 0. The van der Waals surface area contributed by atoms with E-state index in [9.17, 15) is 13.6 Å². The van der Waals surface area contributed by atoms with E-state index in [4.69, 9.17) is 5.73 Å². The van der Waals surface area contributed by atoms with Crippen molar-refractivity contribution in [3.05, 3.63) is 34.9 Å². The van der Waals surface area contributed by atoms with Crippen LogP contribution in [0.3, 0.4) is 0 Å². The molecule has 20 heavy (non-hydrogen) atoms. The Kier molecular flexibility index (Phi) is 4.53. The molecule has 1 fully saturated rings. The maximum absolute atomic E-state index is 13.9. The van der Waals surface area contributed by atoms with Gasteiger partial charge >= 0.3 is 0 Å². The number of nitrogens with two attached hydrogens (primary N) is 1. The smallest absolute Gasteiger partial charge is 0.169 e. The Bertz CT molecular complexity index is 507. The van der Waals surface area contributed by atoms with E-state index >= 15 is 0 Å². The summed E-state index contributed by atoms with van der Waals surface area (Å²) in [4.78, 5) is 12.3. The van der Waals surface area contributed by atoms with Gasteiger partial charge in [-0.15, -0.1) is 0 Å². The summed E-state index contributed by atoms with van der Waals surface area (Å²) in [6, 6.07) is 2.82. The topological polar surface area (TPSA) is 43.1 Å². The molecule has 1 aliphatic carbocycles. The molecule has 1 aromatic carbocycles. The fourth-order valence-electron chi connectivity index (χ4n) is 3.05. The van der Waals surface area contributed by atoms with Crippen molar-refractivity contribution in [2.24, 2.45) is 11.1 Å². The van der Waals surface area contributed by atoms with Crippen molar-refractivity contribution in [1.82, 2.24) is 0 Å². The van der Waals surface area contributed by atoms with Crippen LogP contribution < -0.4 is 5.73 Å². The van der Waals surface area contributed by atoms with E-state index < -0.39 is 11.6 Å². The summed E-state index contributed by atoms with van der Waals surface area (Å²) in [5.41, 5.74) is 5.67. The molecule has 0 radical (unpaired) electrons. The van der Waals surface area contributed by atoms with Gasteiger partial charge in [-0.1, -0.05) is 25.3 Å². The molecule has 1 aliphatic rings. The van der Waals surface area contributed by atoms with Crippen LogP contribution in [0, 0.1) is 24.0 Å². The average Bonchev–Trinajstić information content (AvgIpc) is 2.45. The quantitative estimate of drug-likeness (QED) is 0.854. The third-order valence-electron chi connectivity index (χ3n) is 4.46. The highest BCUT2D eigenvalue weighted by atomic mass is 19.2. The highest BCUT2D eigenvalue weighted by Gasteiger charge is 2.34. The second kappa shape index (κ2) is 6.00. The first-order valence-corrected chi connectivity index (χ1v) is 7.17. The van der Waals surface area contributed by atoms with Gasteiger partial charge in [-0.05, 0) is 43.4 Å². The van der Waals surface area contributed by atoms with E-state index in [1.165, 1.54) is 19.1 Å². The summed E-state index contributed by atoms with van der Waals surface area (Å²) in [6.45, 7) is 1.91. The molecule has 2 rings (SSSR count). The Morgan fingerprint density at radius 2 is 1.85 bits per heavy atom. The molecule has 0 amide bonds. The molecule has 0 spiro atoms. The predicted molar refractivity (Wildman–Crippen MR) is 74.6 cm³/mol. The van der Waals surface area contributed by atoms with Gasteiger partial charge < -0.3 is 5.73 Å². The largest absolute Gasteiger partial charge is 0.330 e. The third kappa shape index (κ3) is 2.90. The molecule has 1 saturated carbocycles. The number of hydrogen-bond acceptors (Lipinski definition) is 2. The molecule has 0 saturated heterocycles. The summed E-state index contributed by atoms with van der Waals surface area (Å²) in [5.74, 6) is -2.30. The van der Waals surface area contributed by atoms with Gasteiger partial charge in [0.25, 0.3) is 0 Å². The molecule has 0 unspecified atom stereocenters. The lowest BCUT2D eigenvalue weighted by molar-refractivity contribution is 0.0863. The molecular weight excluding hydrogens is 260 g/mol. The number of ketones is 1. The number of aryl methyl sites for hydroxylation is 1. The molecule has 0 bridgehead atoms. The first-order chi connectivity index (χ1) is 9.49. The number of carbonyl (C=O) groups is 1. The maximum Gasteiger partial charge on any atom is 0.169 e. The van der Waals surface area contributed by atoms with Gasteiger partial charge in [0.05, 0.1) is 5.56 Å². The van der Waals surface area contributed by atoms with Crippen molar-refractivity contribution in [1.29, 1.82) is 0 Å². The number of Topliss-reactive ketones (excluding diaryl/α,β-unsaturated/α-hetero) is 1. The van der Waals surface area contributed by atoms with Gasteiger partial charge in [0.2, 0.25) is 0 Å². The van der Waals surface area contributed by atoms with E-state index in [1.807, 2.05) is 0 Å². The maximum atomic E-state index is 13.9. The van der Waals surface area contributed by atoms with Crippen molar-refractivity contribution in [2.75, 3.05) is 6.54 Å². The van der Waals surface area contributed by atoms with Crippen LogP contribution in [-0.2, 0) is 0 Å². The van der Waals surface area contributed by atoms with E-state index in [1.54, 1.807) is 0 Å². The molecule has 4 heteroatoms. The minimum atomic E-state index is -1.03. The monoisotopic (exact) mass is 281 g/mol. The highest BCUT2D eigenvalue weighted by molar-refractivity contribution is 5.96. The average molecular weight is 281 g/mol. The van der Waals surface area contributed by atoms with Gasteiger partial charge in [-0.3, -0.25) is 4.79 Å². The van der Waals surface area contributed by atoms with Crippen LogP contribution in [0.15, 0.2) is 12.1 Å². The molecule has 110 valence electrons. The summed E-state index contributed by atoms with van der Waals surface area (Å²) in [5, 5.41) is 0. The van der Waals surface area contributed by atoms with Crippen LogP contribution in [-0.4, -0.2) is 12.3 Å². The number of rotatable bonds is 4. The minimum absolute atomic E-state index is 0.147. The summed E-state index contributed by atoms with van der Waals surface area (Å²) in [6.07, 6.45) is 5.26. The SMILES string of the molecule is Cc1ccc(C(=O)CC2(CN)CCCCC2)c(F)c1F. The van der Waals surface area contributed by atoms with Gasteiger partial charge in [-0.2, -0.15) is 0 Å². The van der Waals surface area contributed by atoms with Gasteiger partial charge in [-0.25, -0.2) is 8.78 Å². The molecule has 0 atom stereocenters. The lowest BCUT2D eigenvalue weighted by Crippen LogP contribution is -2.35. The van der Waals surface area contributed by atoms with Crippen LogP contribution >= 0.6 is 0 Å². The molecule has 2 nitrogen and oxygen atoms in total. The lowest BCUT2D eigenvalue weighted by atomic mass is 9.70. The number of carbonyl (C=O) groups excluding carboxylic acids is 1. The number of hydrogen-bond donors (Lipinski definition) is 1. The lowest BCUT2D eigenvalue weighted by Gasteiger charge is -2.35. The fourth-order valence-corrected chi connectivity index (χ4v) is 3.05. The van der Waals surface area contributed by atoms with Crippen LogP contribution in [0.4, 0.5) is 8.78 Å². The number of halogens is 2. The zero-order valence-electron chi connectivity index (χ0n) is 11.8. The van der Waals surface area contributed by atoms with Crippen LogP contribution in [0.5, 0.6) is 0 Å². The Morgan fingerprint density at radius 3 is 2.45 bits per heavy atom. The van der Waals surface area contributed by atoms with E-state index in [2.05, 4.69) is 0 Å². The van der Waals surface area contributed by atoms with Crippen LogP contribution in [0.1, 0.15) is 54.4 Å². The van der Waals surface area contributed by atoms with Gasteiger partial charge in [0, 0.05) is 6.42 Å². The summed E-state index contributed by atoms with van der Waals surface area (Å²) < 4.78 is 27.4. The Balaban J connectivity index is 2.21. The minimum Gasteiger partial charge on any atom is -0.330 e. The van der Waals surface area contributed by atoms with Crippen molar-refractivity contribution in [2.45, 2.75) is 45.4 Å². The molecule has 1 aromatic rings. The van der Waals surface area contributed by atoms with Crippen molar-refractivity contribution in [3.8, 4) is 0 Å². The Morgan fingerprint density at radius 1 is 1.20 bits per heavy atom. The zero-order valence-corrected chi connectivity index (χ0v) is 11.8. The Labute approximate surface area is 118 Å². The molecule has 0 aliphatic heterocycles. The fraction of sp³-hybridized carbons (Fsp3) is 0.562. The normalized spacial score (nSPS) is 18.0. The zero-order chi connectivity index (χ0) is 14.8. The van der Waals surface area contributed by atoms with E-state index in [0.29, 0.717) is 6.54 Å². The van der Waals surface area contributed by atoms with Crippen LogP contribution in [0.2, 0.25) is 0 Å². The predicted octanol–water partition coefficient (Wildman–Crippen LogP) is 3.76. The van der Waals surface area contributed by atoms with E-state index in [-0.39, 0.29) is 28.7 Å². The molecule has 2 N–H and O–H groups in total. The van der Waals surface area contributed by atoms with E-state index in [0.717, 1.165) is 32.1 Å². The second-order valence-corrected chi connectivity index (χ2v) is 5.92.